The monoisotopic (exact) mass is 388 g/mol. The second kappa shape index (κ2) is 14.9. The molecule has 0 saturated carbocycles. The standard InChI is InChI=1S/C24H40N2O2/c1-3-11-23(25-15-19-27-20-16-25)13-9-7-5-6-8-10-14-24(12-4-2)26-17-21-28-22-18-26/h23-24H,3-8,11-12,15-22H2,1-2H3. The number of hydrogen-bond donors (Lipinski definition) is 0. The van der Waals surface area contributed by atoms with E-state index in [-0.39, 0.29) is 0 Å². The quantitative estimate of drug-likeness (QED) is 0.445. The summed E-state index contributed by atoms with van der Waals surface area (Å²) in [6.07, 6.45) is 9.00. The van der Waals surface area contributed by atoms with E-state index in [9.17, 15) is 0 Å². The van der Waals surface area contributed by atoms with Gasteiger partial charge in [0.15, 0.2) is 0 Å². The van der Waals surface area contributed by atoms with Crippen molar-refractivity contribution in [3.63, 3.8) is 0 Å². The van der Waals surface area contributed by atoms with Gasteiger partial charge in [0.05, 0.1) is 38.5 Å². The number of hydrogen-bond acceptors (Lipinski definition) is 4. The average molecular weight is 389 g/mol. The number of unbranched alkanes of at least 4 members (excludes halogenated alkanes) is 3. The van der Waals surface area contributed by atoms with Crippen molar-refractivity contribution in [1.82, 2.24) is 9.80 Å². The SMILES string of the molecule is CCCC(C#CCCCCC#CC(CCC)N1CCOCC1)N1CCOCC1. The van der Waals surface area contributed by atoms with Crippen LogP contribution in [0.4, 0.5) is 0 Å². The first-order valence-electron chi connectivity index (χ1n) is 11.5. The van der Waals surface area contributed by atoms with Crippen LogP contribution in [0.5, 0.6) is 0 Å². The molecule has 2 atom stereocenters. The Labute approximate surface area is 173 Å². The first kappa shape index (κ1) is 23.2. The van der Waals surface area contributed by atoms with Gasteiger partial charge in [-0.1, -0.05) is 38.5 Å². The predicted octanol–water partition coefficient (Wildman–Crippen LogP) is 3.56. The molecule has 2 saturated heterocycles. The van der Waals surface area contributed by atoms with Crippen molar-refractivity contribution in [2.24, 2.45) is 0 Å². The molecule has 2 heterocycles. The lowest BCUT2D eigenvalue weighted by Crippen LogP contribution is -2.42. The minimum absolute atomic E-state index is 0.414. The van der Waals surface area contributed by atoms with E-state index in [1.165, 1.54) is 25.7 Å². The highest BCUT2D eigenvalue weighted by atomic mass is 16.5. The van der Waals surface area contributed by atoms with Crippen LogP contribution in [0, 0.1) is 23.7 Å². The minimum Gasteiger partial charge on any atom is -0.379 e. The van der Waals surface area contributed by atoms with Gasteiger partial charge in [-0.25, -0.2) is 0 Å². The zero-order chi connectivity index (χ0) is 19.9. The Morgan fingerprint density at radius 2 is 1.07 bits per heavy atom. The van der Waals surface area contributed by atoms with Crippen LogP contribution in [0.3, 0.4) is 0 Å². The molecule has 2 aliphatic rings. The lowest BCUT2D eigenvalue weighted by molar-refractivity contribution is 0.0257. The van der Waals surface area contributed by atoms with Gasteiger partial charge in [-0.2, -0.15) is 0 Å². The van der Waals surface area contributed by atoms with Gasteiger partial charge in [-0.3, -0.25) is 9.80 Å². The zero-order valence-corrected chi connectivity index (χ0v) is 18.2. The Hall–Kier alpha value is -1.04. The maximum atomic E-state index is 5.47. The summed E-state index contributed by atoms with van der Waals surface area (Å²) >= 11 is 0. The number of ether oxygens (including phenoxy) is 2. The molecule has 28 heavy (non-hydrogen) atoms. The smallest absolute Gasteiger partial charge is 0.0716 e. The molecule has 2 unspecified atom stereocenters. The molecule has 0 bridgehead atoms. The lowest BCUT2D eigenvalue weighted by atomic mass is 10.1. The first-order chi connectivity index (χ1) is 13.8. The van der Waals surface area contributed by atoms with Gasteiger partial charge in [0, 0.05) is 39.0 Å². The number of morpholine rings is 2. The molecule has 0 amide bonds. The molecule has 4 heteroatoms. The fourth-order valence-electron chi connectivity index (χ4n) is 3.82. The molecule has 0 spiro atoms. The third-order valence-corrected chi connectivity index (χ3v) is 5.49. The summed E-state index contributed by atoms with van der Waals surface area (Å²) in [6.45, 7) is 12.0. The van der Waals surface area contributed by atoms with Gasteiger partial charge in [0.1, 0.15) is 0 Å². The van der Waals surface area contributed by atoms with Crippen molar-refractivity contribution in [1.29, 1.82) is 0 Å². The molecule has 0 aromatic rings. The molecule has 2 aliphatic heterocycles. The van der Waals surface area contributed by atoms with Crippen molar-refractivity contribution >= 4 is 0 Å². The van der Waals surface area contributed by atoms with E-state index in [1.54, 1.807) is 0 Å². The van der Waals surface area contributed by atoms with Crippen molar-refractivity contribution in [2.45, 2.75) is 77.3 Å². The summed E-state index contributed by atoms with van der Waals surface area (Å²) in [5, 5.41) is 0. The van der Waals surface area contributed by atoms with Crippen LogP contribution in [0.15, 0.2) is 0 Å². The van der Waals surface area contributed by atoms with Crippen LogP contribution in [-0.4, -0.2) is 74.5 Å². The lowest BCUT2D eigenvalue weighted by Gasteiger charge is -2.31. The van der Waals surface area contributed by atoms with Crippen LogP contribution in [0.25, 0.3) is 0 Å². The summed E-state index contributed by atoms with van der Waals surface area (Å²) in [5.74, 6) is 13.9. The Bertz CT molecular complexity index is 468. The van der Waals surface area contributed by atoms with Gasteiger partial charge >= 0.3 is 0 Å². The van der Waals surface area contributed by atoms with Gasteiger partial charge in [-0.05, 0) is 25.7 Å². The van der Waals surface area contributed by atoms with Crippen LogP contribution in [0.1, 0.15) is 65.2 Å². The maximum absolute atomic E-state index is 5.47. The molecular weight excluding hydrogens is 348 g/mol. The summed E-state index contributed by atoms with van der Waals surface area (Å²) in [5.41, 5.74) is 0. The van der Waals surface area contributed by atoms with Crippen LogP contribution in [0.2, 0.25) is 0 Å². The Morgan fingerprint density at radius 1 is 0.679 bits per heavy atom. The topological polar surface area (TPSA) is 24.9 Å². The summed E-state index contributed by atoms with van der Waals surface area (Å²) in [6, 6.07) is 0.828. The first-order valence-corrected chi connectivity index (χ1v) is 11.5. The van der Waals surface area contributed by atoms with Crippen LogP contribution >= 0.6 is 0 Å². The summed E-state index contributed by atoms with van der Waals surface area (Å²) in [4.78, 5) is 4.98. The van der Waals surface area contributed by atoms with Crippen molar-refractivity contribution in [2.75, 3.05) is 52.6 Å². The highest BCUT2D eigenvalue weighted by molar-refractivity contribution is 5.10. The second-order valence-corrected chi connectivity index (χ2v) is 7.75. The van der Waals surface area contributed by atoms with Crippen molar-refractivity contribution < 1.29 is 9.47 Å². The fourth-order valence-corrected chi connectivity index (χ4v) is 3.82. The van der Waals surface area contributed by atoms with E-state index in [2.05, 4.69) is 47.3 Å². The van der Waals surface area contributed by atoms with Crippen molar-refractivity contribution in [3.8, 4) is 23.7 Å². The molecule has 0 aliphatic carbocycles. The van der Waals surface area contributed by atoms with E-state index in [1.807, 2.05) is 0 Å². The third kappa shape index (κ3) is 8.97. The molecular formula is C24H40N2O2. The van der Waals surface area contributed by atoms with Crippen molar-refractivity contribution in [3.05, 3.63) is 0 Å². The highest BCUT2D eigenvalue weighted by Gasteiger charge is 2.19. The molecule has 2 rings (SSSR count). The highest BCUT2D eigenvalue weighted by Crippen LogP contribution is 2.10. The summed E-state index contributed by atoms with van der Waals surface area (Å²) in [7, 11) is 0. The second-order valence-electron chi connectivity index (χ2n) is 7.75. The predicted molar refractivity (Wildman–Crippen MR) is 116 cm³/mol. The van der Waals surface area contributed by atoms with E-state index in [0.717, 1.165) is 78.3 Å². The molecule has 0 radical (unpaired) electrons. The molecule has 4 nitrogen and oxygen atoms in total. The summed E-state index contributed by atoms with van der Waals surface area (Å²) < 4.78 is 10.9. The largest absolute Gasteiger partial charge is 0.379 e. The van der Waals surface area contributed by atoms with Gasteiger partial charge < -0.3 is 9.47 Å². The molecule has 0 aromatic heterocycles. The minimum atomic E-state index is 0.414. The number of nitrogens with zero attached hydrogens (tertiary/aromatic N) is 2. The van der Waals surface area contributed by atoms with Gasteiger partial charge in [0.25, 0.3) is 0 Å². The third-order valence-electron chi connectivity index (χ3n) is 5.49. The zero-order valence-electron chi connectivity index (χ0n) is 18.2. The Balaban J connectivity index is 1.66. The average Bonchev–Trinajstić information content (AvgIpc) is 2.75. The fraction of sp³-hybridized carbons (Fsp3) is 0.833. The maximum Gasteiger partial charge on any atom is 0.0716 e. The van der Waals surface area contributed by atoms with E-state index in [4.69, 9.17) is 9.47 Å². The normalized spacial score (nSPS) is 20.5. The van der Waals surface area contributed by atoms with Crippen LogP contribution < -0.4 is 0 Å². The Morgan fingerprint density at radius 3 is 1.43 bits per heavy atom. The molecule has 158 valence electrons. The number of rotatable bonds is 9. The molecule has 2 fully saturated rings. The van der Waals surface area contributed by atoms with Crippen LogP contribution in [-0.2, 0) is 9.47 Å². The van der Waals surface area contributed by atoms with Gasteiger partial charge in [0.2, 0.25) is 0 Å². The Kier molecular flexibility index (Phi) is 12.4. The van der Waals surface area contributed by atoms with E-state index in [0.29, 0.717) is 12.1 Å². The molecule has 0 N–H and O–H groups in total. The molecule has 0 aromatic carbocycles. The van der Waals surface area contributed by atoms with E-state index >= 15 is 0 Å². The van der Waals surface area contributed by atoms with Gasteiger partial charge in [-0.15, -0.1) is 11.8 Å². The van der Waals surface area contributed by atoms with E-state index < -0.39 is 0 Å².